The van der Waals surface area contributed by atoms with Gasteiger partial charge in [-0.25, -0.2) is 9.59 Å². The number of fused-ring (bicyclic) bond motifs is 1. The third kappa shape index (κ3) is 5.13. The second-order valence-electron chi connectivity index (χ2n) is 5.17. The normalized spacial score (nSPS) is 12.0. The van der Waals surface area contributed by atoms with Gasteiger partial charge in [0, 0.05) is 17.7 Å². The van der Waals surface area contributed by atoms with Gasteiger partial charge in [-0.1, -0.05) is 24.3 Å². The standard InChI is InChI=1S/C18H18N2O5/c1-2-25-16(21)9-5-8-15(18(23)24)20-17(22)13-10-12-6-3-4-7-14(12)19-11-13/h3-7,9-11,15H,2,8H2,1H3,(H,20,22)(H,23,24)/b9-5+/t15-/m1/s1. The highest BCUT2D eigenvalue weighted by molar-refractivity contribution is 5.99. The Balaban J connectivity index is 2.05. The van der Waals surface area contributed by atoms with Gasteiger partial charge in [-0.05, 0) is 25.5 Å². The molecule has 0 radical (unpaired) electrons. The first-order valence-electron chi connectivity index (χ1n) is 7.73. The molecule has 0 saturated carbocycles. The fourth-order valence-corrected chi connectivity index (χ4v) is 2.15. The van der Waals surface area contributed by atoms with Gasteiger partial charge in [0.1, 0.15) is 6.04 Å². The molecule has 2 N–H and O–H groups in total. The summed E-state index contributed by atoms with van der Waals surface area (Å²) in [7, 11) is 0. The van der Waals surface area contributed by atoms with Gasteiger partial charge in [0.05, 0.1) is 17.7 Å². The molecule has 1 amide bonds. The van der Waals surface area contributed by atoms with E-state index in [9.17, 15) is 19.5 Å². The number of carbonyl (C=O) groups is 3. The fourth-order valence-electron chi connectivity index (χ4n) is 2.15. The van der Waals surface area contributed by atoms with Crippen LogP contribution in [0.4, 0.5) is 0 Å². The Kier molecular flexibility index (Phi) is 6.22. The van der Waals surface area contributed by atoms with Crippen LogP contribution >= 0.6 is 0 Å². The number of aromatic nitrogens is 1. The van der Waals surface area contributed by atoms with Crippen molar-refractivity contribution in [2.75, 3.05) is 6.61 Å². The molecule has 0 aliphatic rings. The van der Waals surface area contributed by atoms with Gasteiger partial charge in [0.15, 0.2) is 0 Å². The Bertz CT molecular complexity index is 816. The minimum absolute atomic E-state index is 0.0408. The number of esters is 1. The molecule has 0 bridgehead atoms. The summed E-state index contributed by atoms with van der Waals surface area (Å²) in [5.41, 5.74) is 1.01. The van der Waals surface area contributed by atoms with E-state index in [1.54, 1.807) is 13.0 Å². The number of nitrogens with zero attached hydrogens (tertiary/aromatic N) is 1. The number of hydrogen-bond acceptors (Lipinski definition) is 5. The molecule has 0 spiro atoms. The first-order valence-corrected chi connectivity index (χ1v) is 7.73. The highest BCUT2D eigenvalue weighted by Crippen LogP contribution is 2.13. The van der Waals surface area contributed by atoms with Crippen molar-refractivity contribution in [1.82, 2.24) is 10.3 Å². The molecule has 2 aromatic rings. The van der Waals surface area contributed by atoms with Crippen molar-refractivity contribution in [3.05, 3.63) is 54.2 Å². The summed E-state index contributed by atoms with van der Waals surface area (Å²) >= 11 is 0. The molecule has 0 fully saturated rings. The smallest absolute Gasteiger partial charge is 0.330 e. The SMILES string of the molecule is CCOC(=O)/C=C/C[C@@H](NC(=O)c1cnc2ccccc2c1)C(=O)O. The Morgan fingerprint density at radius 3 is 2.80 bits per heavy atom. The second-order valence-corrected chi connectivity index (χ2v) is 5.17. The highest BCUT2D eigenvalue weighted by atomic mass is 16.5. The maximum Gasteiger partial charge on any atom is 0.330 e. The van der Waals surface area contributed by atoms with Gasteiger partial charge in [0.25, 0.3) is 5.91 Å². The quantitative estimate of drug-likeness (QED) is 0.588. The van der Waals surface area contributed by atoms with Crippen molar-refractivity contribution in [3.8, 4) is 0 Å². The van der Waals surface area contributed by atoms with E-state index in [0.29, 0.717) is 0 Å². The van der Waals surface area contributed by atoms with E-state index in [2.05, 4.69) is 10.3 Å². The predicted octanol–water partition coefficient (Wildman–Crippen LogP) is 1.93. The molecular formula is C18H18N2O5. The lowest BCUT2D eigenvalue weighted by molar-refractivity contribution is -0.139. The van der Waals surface area contributed by atoms with Crippen molar-refractivity contribution >= 4 is 28.7 Å². The number of benzene rings is 1. The van der Waals surface area contributed by atoms with E-state index in [1.165, 1.54) is 12.3 Å². The Hall–Kier alpha value is -3.22. The summed E-state index contributed by atoms with van der Waals surface area (Å²) in [6.07, 6.45) is 3.85. The number of para-hydroxylation sites is 1. The average Bonchev–Trinajstić information content (AvgIpc) is 2.60. The lowest BCUT2D eigenvalue weighted by Gasteiger charge is -2.12. The number of carbonyl (C=O) groups excluding carboxylic acids is 2. The van der Waals surface area contributed by atoms with Crippen LogP contribution in [0.1, 0.15) is 23.7 Å². The molecule has 25 heavy (non-hydrogen) atoms. The van der Waals surface area contributed by atoms with Crippen molar-refractivity contribution in [2.24, 2.45) is 0 Å². The molecule has 0 aliphatic heterocycles. The van der Waals surface area contributed by atoms with Crippen LogP contribution in [0, 0.1) is 0 Å². The van der Waals surface area contributed by atoms with Crippen molar-refractivity contribution in [1.29, 1.82) is 0 Å². The van der Waals surface area contributed by atoms with Gasteiger partial charge in [-0.2, -0.15) is 0 Å². The number of pyridine rings is 1. The van der Waals surface area contributed by atoms with Crippen LogP contribution in [0.25, 0.3) is 10.9 Å². The highest BCUT2D eigenvalue weighted by Gasteiger charge is 2.20. The van der Waals surface area contributed by atoms with Crippen LogP contribution in [-0.2, 0) is 14.3 Å². The lowest BCUT2D eigenvalue weighted by atomic mass is 10.1. The van der Waals surface area contributed by atoms with Gasteiger partial charge >= 0.3 is 11.9 Å². The molecule has 2 rings (SSSR count). The number of nitrogens with one attached hydrogen (secondary N) is 1. The lowest BCUT2D eigenvalue weighted by Crippen LogP contribution is -2.40. The summed E-state index contributed by atoms with van der Waals surface area (Å²) in [5.74, 6) is -2.30. The van der Waals surface area contributed by atoms with Gasteiger partial charge in [-0.15, -0.1) is 0 Å². The molecule has 1 aromatic heterocycles. The van der Waals surface area contributed by atoms with Gasteiger partial charge < -0.3 is 15.2 Å². The largest absolute Gasteiger partial charge is 0.480 e. The number of hydrogen-bond donors (Lipinski definition) is 2. The van der Waals surface area contributed by atoms with Crippen molar-refractivity contribution in [2.45, 2.75) is 19.4 Å². The van der Waals surface area contributed by atoms with Crippen molar-refractivity contribution in [3.63, 3.8) is 0 Å². The van der Waals surface area contributed by atoms with Crippen LogP contribution in [-0.4, -0.2) is 40.6 Å². The zero-order chi connectivity index (χ0) is 18.2. The Morgan fingerprint density at radius 2 is 2.08 bits per heavy atom. The molecule has 7 heteroatoms. The number of aliphatic carboxylic acids is 1. The Morgan fingerprint density at radius 1 is 1.32 bits per heavy atom. The molecule has 1 aromatic carbocycles. The summed E-state index contributed by atoms with van der Waals surface area (Å²) in [4.78, 5) is 39.0. The molecule has 1 heterocycles. The zero-order valence-corrected chi connectivity index (χ0v) is 13.6. The van der Waals surface area contributed by atoms with E-state index < -0.39 is 23.9 Å². The molecule has 1 atom stereocenters. The van der Waals surface area contributed by atoms with E-state index in [1.807, 2.05) is 24.3 Å². The number of amides is 1. The Labute approximate surface area is 144 Å². The van der Waals surface area contributed by atoms with Crippen LogP contribution in [0.2, 0.25) is 0 Å². The molecule has 0 aliphatic carbocycles. The third-order valence-corrected chi connectivity index (χ3v) is 3.37. The minimum atomic E-state index is -1.20. The average molecular weight is 342 g/mol. The number of carboxylic acid groups (broad SMARTS) is 1. The summed E-state index contributed by atoms with van der Waals surface area (Å²) in [6.45, 7) is 1.90. The number of ether oxygens (including phenoxy) is 1. The molecule has 0 saturated heterocycles. The second kappa shape index (κ2) is 8.58. The third-order valence-electron chi connectivity index (χ3n) is 3.37. The van der Waals surface area contributed by atoms with Crippen LogP contribution in [0.15, 0.2) is 48.7 Å². The van der Waals surface area contributed by atoms with E-state index in [-0.39, 0.29) is 18.6 Å². The van der Waals surface area contributed by atoms with Gasteiger partial charge in [-0.3, -0.25) is 9.78 Å². The van der Waals surface area contributed by atoms with E-state index in [4.69, 9.17) is 4.74 Å². The van der Waals surface area contributed by atoms with Crippen molar-refractivity contribution < 1.29 is 24.2 Å². The first-order chi connectivity index (χ1) is 12.0. The molecular weight excluding hydrogens is 324 g/mol. The topological polar surface area (TPSA) is 106 Å². The van der Waals surface area contributed by atoms with Crippen LogP contribution in [0.5, 0.6) is 0 Å². The predicted molar refractivity (Wildman–Crippen MR) is 91.0 cm³/mol. The molecule has 7 nitrogen and oxygen atoms in total. The van der Waals surface area contributed by atoms with E-state index in [0.717, 1.165) is 17.0 Å². The minimum Gasteiger partial charge on any atom is -0.480 e. The van der Waals surface area contributed by atoms with E-state index >= 15 is 0 Å². The summed E-state index contributed by atoms with van der Waals surface area (Å²) < 4.78 is 4.71. The van der Waals surface area contributed by atoms with Crippen LogP contribution in [0.3, 0.4) is 0 Å². The fraction of sp³-hybridized carbons (Fsp3) is 0.222. The maximum absolute atomic E-state index is 12.3. The number of carboxylic acids is 1. The van der Waals surface area contributed by atoms with Crippen LogP contribution < -0.4 is 5.32 Å². The molecule has 130 valence electrons. The first kappa shape index (κ1) is 18.1. The number of rotatable bonds is 7. The zero-order valence-electron chi connectivity index (χ0n) is 13.6. The monoisotopic (exact) mass is 342 g/mol. The maximum atomic E-state index is 12.3. The molecule has 0 unspecified atom stereocenters. The summed E-state index contributed by atoms with van der Waals surface area (Å²) in [6, 6.07) is 7.78. The van der Waals surface area contributed by atoms with Gasteiger partial charge in [0.2, 0.25) is 0 Å². The summed E-state index contributed by atoms with van der Waals surface area (Å²) in [5, 5.41) is 12.4.